The number of fused-ring (bicyclic) bond motifs is 1. The molecule has 0 unspecified atom stereocenters. The summed E-state index contributed by atoms with van der Waals surface area (Å²) in [6.07, 6.45) is 1.86. The van der Waals surface area contributed by atoms with Gasteiger partial charge in [-0.05, 0) is 43.5 Å². The zero-order valence-corrected chi connectivity index (χ0v) is 17.2. The van der Waals surface area contributed by atoms with Gasteiger partial charge in [-0.3, -0.25) is 4.79 Å². The largest absolute Gasteiger partial charge is 0.328 e. The summed E-state index contributed by atoms with van der Waals surface area (Å²) in [4.78, 5) is 17.6. The first-order valence-electron chi connectivity index (χ1n) is 8.77. The van der Waals surface area contributed by atoms with E-state index in [1.807, 2.05) is 6.26 Å². The van der Waals surface area contributed by atoms with E-state index < -0.39 is 11.9 Å². The fourth-order valence-corrected chi connectivity index (χ4v) is 3.70. The van der Waals surface area contributed by atoms with Crippen molar-refractivity contribution in [3.63, 3.8) is 0 Å². The van der Waals surface area contributed by atoms with Gasteiger partial charge in [-0.15, -0.1) is 5.10 Å². The molecule has 1 atom stereocenters. The van der Waals surface area contributed by atoms with Crippen molar-refractivity contribution < 1.29 is 9.18 Å². The maximum Gasteiger partial charge on any atom is 0.255 e. The number of halogens is 2. The van der Waals surface area contributed by atoms with E-state index in [-0.39, 0.29) is 5.91 Å². The molecule has 0 aliphatic carbocycles. The normalized spacial score (nSPS) is 15.7. The fourth-order valence-electron chi connectivity index (χ4n) is 3.23. The van der Waals surface area contributed by atoms with Gasteiger partial charge < -0.3 is 10.6 Å². The second kappa shape index (κ2) is 7.88. The lowest BCUT2D eigenvalue weighted by Crippen LogP contribution is -2.32. The van der Waals surface area contributed by atoms with E-state index in [1.165, 1.54) is 17.8 Å². The molecule has 1 aromatic heterocycles. The molecule has 6 nitrogen and oxygen atoms in total. The molecule has 0 saturated carbocycles. The molecule has 1 amide bonds. The van der Waals surface area contributed by atoms with Crippen molar-refractivity contribution >= 4 is 40.9 Å². The van der Waals surface area contributed by atoms with Gasteiger partial charge in [0.1, 0.15) is 11.9 Å². The van der Waals surface area contributed by atoms with E-state index in [1.54, 1.807) is 54.1 Å². The van der Waals surface area contributed by atoms with Crippen molar-refractivity contribution in [2.75, 3.05) is 16.9 Å². The molecular weight excluding hydrogens is 413 g/mol. The average Bonchev–Trinajstić information content (AvgIpc) is 3.12. The molecule has 2 heterocycles. The number of nitrogens with one attached hydrogen (secondary N) is 2. The van der Waals surface area contributed by atoms with Gasteiger partial charge in [0.05, 0.1) is 5.57 Å². The van der Waals surface area contributed by atoms with Gasteiger partial charge >= 0.3 is 0 Å². The zero-order chi connectivity index (χ0) is 20.5. The minimum Gasteiger partial charge on any atom is -0.328 e. The summed E-state index contributed by atoms with van der Waals surface area (Å²) in [6.45, 7) is 1.77. The molecule has 1 aliphatic rings. The summed E-state index contributed by atoms with van der Waals surface area (Å²) in [5.41, 5.74) is 1.86. The predicted octanol–water partition coefficient (Wildman–Crippen LogP) is 4.72. The van der Waals surface area contributed by atoms with Crippen LogP contribution in [-0.4, -0.2) is 26.9 Å². The summed E-state index contributed by atoms with van der Waals surface area (Å²) in [5, 5.41) is 11.5. The number of amides is 1. The molecule has 3 aromatic rings. The number of hydrogen-bond acceptors (Lipinski definition) is 5. The number of benzene rings is 2. The lowest BCUT2D eigenvalue weighted by molar-refractivity contribution is -0.113. The number of hydrogen-bond donors (Lipinski definition) is 2. The van der Waals surface area contributed by atoms with Crippen LogP contribution in [0.15, 0.2) is 65.0 Å². The van der Waals surface area contributed by atoms with Gasteiger partial charge in [0.2, 0.25) is 11.1 Å². The minimum absolute atomic E-state index is 0.341. The Hall–Kier alpha value is -2.84. The van der Waals surface area contributed by atoms with Gasteiger partial charge in [0.15, 0.2) is 0 Å². The Balaban J connectivity index is 1.80. The molecule has 2 aromatic carbocycles. The molecule has 0 fully saturated rings. The molecule has 29 heavy (non-hydrogen) atoms. The summed E-state index contributed by atoms with van der Waals surface area (Å²) in [6, 6.07) is 12.4. The number of nitrogens with zero attached hydrogens (tertiary/aromatic N) is 3. The Morgan fingerprint density at radius 1 is 1.24 bits per heavy atom. The van der Waals surface area contributed by atoms with Gasteiger partial charge in [0.25, 0.3) is 5.91 Å². The van der Waals surface area contributed by atoms with Gasteiger partial charge in [-0.25, -0.2) is 9.07 Å². The summed E-state index contributed by atoms with van der Waals surface area (Å²) < 4.78 is 16.3. The van der Waals surface area contributed by atoms with E-state index in [9.17, 15) is 9.18 Å². The number of aromatic nitrogens is 3. The molecule has 9 heteroatoms. The first-order valence-corrected chi connectivity index (χ1v) is 10.4. The van der Waals surface area contributed by atoms with Gasteiger partial charge in [0, 0.05) is 22.0 Å². The van der Waals surface area contributed by atoms with Crippen LogP contribution in [0.3, 0.4) is 0 Å². The number of carbonyl (C=O) groups excluding carboxylic acids is 1. The molecular formula is C20H17ClFN5OS. The summed E-state index contributed by atoms with van der Waals surface area (Å²) in [7, 11) is 0. The lowest BCUT2D eigenvalue weighted by Gasteiger charge is -2.28. The Labute approximate surface area is 176 Å². The molecule has 1 aliphatic heterocycles. The van der Waals surface area contributed by atoms with Crippen LogP contribution < -0.4 is 10.6 Å². The topological polar surface area (TPSA) is 71.8 Å². The van der Waals surface area contributed by atoms with Crippen LogP contribution in [0.2, 0.25) is 5.02 Å². The van der Waals surface area contributed by atoms with Crippen LogP contribution in [0.25, 0.3) is 0 Å². The molecule has 0 saturated heterocycles. The molecule has 148 valence electrons. The van der Waals surface area contributed by atoms with E-state index in [0.717, 1.165) is 0 Å². The van der Waals surface area contributed by atoms with Crippen molar-refractivity contribution in [1.82, 2.24) is 14.8 Å². The minimum atomic E-state index is -0.756. The third-order valence-corrected chi connectivity index (χ3v) is 5.35. The standard InChI is InChI=1S/C20H17ClFN5OS/c1-11-16(18(28)24-13-9-7-12(21)8-10-13)17(14-5-3-4-6-15(14)22)27-19(23-11)25-20(26-27)29-2/h3-10,17H,1-2H3,(H,24,28)(H,23,25,26)/t17-/m0/s1. The monoisotopic (exact) mass is 429 g/mol. The van der Waals surface area contributed by atoms with E-state index >= 15 is 0 Å². The number of thioether (sulfide) groups is 1. The fraction of sp³-hybridized carbons (Fsp3) is 0.150. The molecule has 2 N–H and O–H groups in total. The zero-order valence-electron chi connectivity index (χ0n) is 15.6. The smallest absolute Gasteiger partial charge is 0.255 e. The van der Waals surface area contributed by atoms with E-state index in [0.29, 0.717) is 38.6 Å². The third kappa shape index (κ3) is 3.73. The second-order valence-electron chi connectivity index (χ2n) is 6.42. The van der Waals surface area contributed by atoms with Crippen LogP contribution in [0.5, 0.6) is 0 Å². The van der Waals surface area contributed by atoms with E-state index in [4.69, 9.17) is 11.6 Å². The highest BCUT2D eigenvalue weighted by atomic mass is 35.5. The molecule has 0 bridgehead atoms. The summed E-state index contributed by atoms with van der Waals surface area (Å²) >= 11 is 7.29. The van der Waals surface area contributed by atoms with Gasteiger partial charge in [-0.2, -0.15) is 4.98 Å². The van der Waals surface area contributed by atoms with Crippen molar-refractivity contribution in [3.05, 3.63) is 76.2 Å². The number of anilines is 2. The first kappa shape index (κ1) is 19.5. The molecule has 0 radical (unpaired) electrons. The Kier molecular flexibility index (Phi) is 5.29. The van der Waals surface area contributed by atoms with Crippen molar-refractivity contribution in [1.29, 1.82) is 0 Å². The van der Waals surface area contributed by atoms with E-state index in [2.05, 4.69) is 20.7 Å². The SMILES string of the molecule is CSc1nc2n(n1)[C@@H](c1ccccc1F)C(C(=O)Nc1ccc(Cl)cc1)=C(C)N2. The number of allylic oxidation sites excluding steroid dienone is 1. The second-order valence-corrected chi connectivity index (χ2v) is 7.63. The van der Waals surface area contributed by atoms with Crippen LogP contribution in [0, 0.1) is 5.82 Å². The van der Waals surface area contributed by atoms with Crippen LogP contribution in [-0.2, 0) is 4.79 Å². The highest BCUT2D eigenvalue weighted by Gasteiger charge is 2.35. The number of rotatable bonds is 4. The average molecular weight is 430 g/mol. The van der Waals surface area contributed by atoms with Crippen molar-refractivity contribution in [2.45, 2.75) is 18.1 Å². The highest BCUT2D eigenvalue weighted by molar-refractivity contribution is 7.98. The Morgan fingerprint density at radius 3 is 2.66 bits per heavy atom. The quantitative estimate of drug-likeness (QED) is 0.587. The maximum atomic E-state index is 14.7. The van der Waals surface area contributed by atoms with Crippen molar-refractivity contribution in [3.8, 4) is 0 Å². The van der Waals surface area contributed by atoms with Gasteiger partial charge in [-0.1, -0.05) is 41.6 Å². The van der Waals surface area contributed by atoms with Crippen molar-refractivity contribution in [2.24, 2.45) is 0 Å². The van der Waals surface area contributed by atoms with Crippen LogP contribution >= 0.6 is 23.4 Å². The highest BCUT2D eigenvalue weighted by Crippen LogP contribution is 2.37. The molecule has 4 rings (SSSR count). The number of carbonyl (C=O) groups is 1. The lowest BCUT2D eigenvalue weighted by atomic mass is 9.94. The third-order valence-electron chi connectivity index (χ3n) is 4.56. The summed E-state index contributed by atoms with van der Waals surface area (Å²) in [5.74, 6) is -0.322. The first-order chi connectivity index (χ1) is 14.0. The Bertz CT molecular complexity index is 1110. The Morgan fingerprint density at radius 2 is 1.97 bits per heavy atom. The maximum absolute atomic E-state index is 14.7. The van der Waals surface area contributed by atoms with Crippen LogP contribution in [0.4, 0.5) is 16.0 Å². The predicted molar refractivity (Wildman–Crippen MR) is 113 cm³/mol. The van der Waals surface area contributed by atoms with Crippen LogP contribution in [0.1, 0.15) is 18.5 Å². The molecule has 0 spiro atoms.